The minimum Gasteiger partial charge on any atom is -0.444 e. The third kappa shape index (κ3) is 5.19. The van der Waals surface area contributed by atoms with Crippen molar-refractivity contribution in [3.05, 3.63) is 34.9 Å². The van der Waals surface area contributed by atoms with E-state index >= 15 is 0 Å². The number of rotatable bonds is 5. The Kier molecular flexibility index (Phi) is 6.23. The molecule has 1 saturated carbocycles. The van der Waals surface area contributed by atoms with Gasteiger partial charge in [0.1, 0.15) is 5.60 Å². The minimum atomic E-state index is -0.475. The molecular weight excluding hydrogens is 376 g/mol. The van der Waals surface area contributed by atoms with E-state index in [9.17, 15) is 9.59 Å². The molecule has 1 saturated heterocycles. The van der Waals surface area contributed by atoms with E-state index in [1.165, 1.54) is 0 Å². The van der Waals surface area contributed by atoms with E-state index < -0.39 is 11.0 Å². The normalized spacial score (nSPS) is 21.1. The number of piperidine rings is 1. The maximum absolute atomic E-state index is 12.8. The standard InChI is InChI=1S/C22H31ClN2O3/c1-21(2,3)28-20(27)25-13-5-6-16(15-25)9-12-24-19(26)22(10-11-22)17-7-4-8-18(23)14-17/h4,7-8,14,16H,5-6,9-13,15H2,1-3H3,(H,24,26). The van der Waals surface area contributed by atoms with Crippen molar-refractivity contribution in [2.24, 2.45) is 5.92 Å². The van der Waals surface area contributed by atoms with Crippen molar-refractivity contribution in [1.82, 2.24) is 10.2 Å². The molecular formula is C22H31ClN2O3. The summed E-state index contributed by atoms with van der Waals surface area (Å²) in [5.74, 6) is 0.484. The van der Waals surface area contributed by atoms with Crippen LogP contribution in [-0.2, 0) is 14.9 Å². The first-order valence-corrected chi connectivity index (χ1v) is 10.6. The highest BCUT2D eigenvalue weighted by molar-refractivity contribution is 6.30. The van der Waals surface area contributed by atoms with Crippen molar-refractivity contribution in [2.75, 3.05) is 19.6 Å². The predicted molar refractivity (Wildman–Crippen MR) is 111 cm³/mol. The van der Waals surface area contributed by atoms with Gasteiger partial charge in [-0.15, -0.1) is 0 Å². The molecule has 2 amide bonds. The van der Waals surface area contributed by atoms with E-state index in [0.29, 0.717) is 24.0 Å². The first-order chi connectivity index (χ1) is 13.2. The van der Waals surface area contributed by atoms with E-state index in [1.807, 2.05) is 45.0 Å². The summed E-state index contributed by atoms with van der Waals surface area (Å²) in [4.78, 5) is 26.9. The van der Waals surface area contributed by atoms with Crippen LogP contribution in [0.3, 0.4) is 0 Å². The topological polar surface area (TPSA) is 58.6 Å². The smallest absolute Gasteiger partial charge is 0.410 e. The summed E-state index contributed by atoms with van der Waals surface area (Å²) in [5.41, 5.74) is 0.128. The Labute approximate surface area is 172 Å². The molecule has 1 atom stereocenters. The summed E-state index contributed by atoms with van der Waals surface area (Å²) in [5, 5.41) is 3.78. The number of benzene rings is 1. The largest absolute Gasteiger partial charge is 0.444 e. The van der Waals surface area contributed by atoms with Gasteiger partial charge < -0.3 is 15.0 Å². The number of amides is 2. The third-order valence-electron chi connectivity index (χ3n) is 5.57. The van der Waals surface area contributed by atoms with E-state index in [2.05, 4.69) is 5.32 Å². The molecule has 5 nitrogen and oxygen atoms in total. The predicted octanol–water partition coefficient (Wildman–Crippen LogP) is 4.53. The lowest BCUT2D eigenvalue weighted by molar-refractivity contribution is -0.123. The number of carbonyl (C=O) groups excluding carboxylic acids is 2. The fraction of sp³-hybridized carbons (Fsp3) is 0.636. The van der Waals surface area contributed by atoms with Gasteiger partial charge in [0.05, 0.1) is 5.41 Å². The molecule has 154 valence electrons. The van der Waals surface area contributed by atoms with Gasteiger partial charge in [0.25, 0.3) is 0 Å². The molecule has 0 aromatic heterocycles. The van der Waals surface area contributed by atoms with Gasteiger partial charge in [0.2, 0.25) is 5.91 Å². The second-order valence-electron chi connectivity index (χ2n) is 9.07. The molecule has 1 aliphatic heterocycles. The van der Waals surface area contributed by atoms with E-state index in [1.54, 1.807) is 4.90 Å². The molecule has 0 spiro atoms. The van der Waals surface area contributed by atoms with Crippen LogP contribution >= 0.6 is 11.6 Å². The minimum absolute atomic E-state index is 0.0922. The zero-order valence-electron chi connectivity index (χ0n) is 17.1. The molecule has 1 heterocycles. The number of ether oxygens (including phenoxy) is 1. The van der Waals surface area contributed by atoms with Crippen molar-refractivity contribution in [3.8, 4) is 0 Å². The number of hydrogen-bond donors (Lipinski definition) is 1. The molecule has 28 heavy (non-hydrogen) atoms. The van der Waals surface area contributed by atoms with Crippen molar-refractivity contribution >= 4 is 23.6 Å². The fourth-order valence-electron chi connectivity index (χ4n) is 3.91. The van der Waals surface area contributed by atoms with Crippen molar-refractivity contribution in [2.45, 2.75) is 63.9 Å². The monoisotopic (exact) mass is 406 g/mol. The van der Waals surface area contributed by atoms with Crippen molar-refractivity contribution in [1.29, 1.82) is 0 Å². The summed E-state index contributed by atoms with van der Waals surface area (Å²) in [6, 6.07) is 7.61. The molecule has 2 fully saturated rings. The van der Waals surface area contributed by atoms with Crippen LogP contribution in [0, 0.1) is 5.92 Å². The van der Waals surface area contributed by atoms with Gasteiger partial charge >= 0.3 is 6.09 Å². The zero-order valence-corrected chi connectivity index (χ0v) is 17.8. The van der Waals surface area contributed by atoms with E-state index in [4.69, 9.17) is 16.3 Å². The highest BCUT2D eigenvalue weighted by Gasteiger charge is 2.51. The van der Waals surface area contributed by atoms with Crippen LogP contribution in [0.25, 0.3) is 0 Å². The average Bonchev–Trinajstić information content (AvgIpc) is 3.42. The average molecular weight is 407 g/mol. The summed E-state index contributed by atoms with van der Waals surface area (Å²) in [7, 11) is 0. The van der Waals surface area contributed by atoms with Gasteiger partial charge in [-0.2, -0.15) is 0 Å². The van der Waals surface area contributed by atoms with Crippen LogP contribution < -0.4 is 5.32 Å². The highest BCUT2D eigenvalue weighted by atomic mass is 35.5. The maximum atomic E-state index is 12.8. The second-order valence-corrected chi connectivity index (χ2v) is 9.51. The van der Waals surface area contributed by atoms with Gasteiger partial charge in [-0.05, 0) is 76.5 Å². The molecule has 1 unspecified atom stereocenters. The number of likely N-dealkylation sites (tertiary alicyclic amines) is 1. The number of carbonyl (C=O) groups is 2. The Morgan fingerprint density at radius 1 is 1.32 bits per heavy atom. The SMILES string of the molecule is CC(C)(C)OC(=O)N1CCCC(CCNC(=O)C2(c3cccc(Cl)c3)CC2)C1. The first-order valence-electron chi connectivity index (χ1n) is 10.2. The van der Waals surface area contributed by atoms with Crippen LogP contribution in [0.15, 0.2) is 24.3 Å². The van der Waals surface area contributed by atoms with Crippen LogP contribution in [0.5, 0.6) is 0 Å². The van der Waals surface area contributed by atoms with Crippen LogP contribution in [-0.4, -0.2) is 42.1 Å². The highest BCUT2D eigenvalue weighted by Crippen LogP contribution is 2.48. The van der Waals surface area contributed by atoms with Gasteiger partial charge in [-0.25, -0.2) is 4.79 Å². The maximum Gasteiger partial charge on any atom is 0.410 e. The van der Waals surface area contributed by atoms with Crippen LogP contribution in [0.1, 0.15) is 58.4 Å². The zero-order chi connectivity index (χ0) is 20.4. The Balaban J connectivity index is 1.47. The van der Waals surface area contributed by atoms with Crippen molar-refractivity contribution in [3.63, 3.8) is 0 Å². The summed E-state index contributed by atoms with van der Waals surface area (Å²) < 4.78 is 5.49. The van der Waals surface area contributed by atoms with Crippen LogP contribution in [0.4, 0.5) is 4.79 Å². The second kappa shape index (κ2) is 8.32. The van der Waals surface area contributed by atoms with Crippen molar-refractivity contribution < 1.29 is 14.3 Å². The third-order valence-corrected chi connectivity index (χ3v) is 5.81. The lowest BCUT2D eigenvalue weighted by atomic mass is 9.93. The van der Waals surface area contributed by atoms with Gasteiger partial charge in [0.15, 0.2) is 0 Å². The van der Waals surface area contributed by atoms with Gasteiger partial charge in [0, 0.05) is 24.7 Å². The quantitative estimate of drug-likeness (QED) is 0.781. The molecule has 1 aliphatic carbocycles. The number of halogens is 1. The molecule has 3 rings (SSSR count). The lowest BCUT2D eigenvalue weighted by Gasteiger charge is -2.34. The lowest BCUT2D eigenvalue weighted by Crippen LogP contribution is -2.43. The number of nitrogens with zero attached hydrogens (tertiary/aromatic N) is 1. The fourth-order valence-corrected chi connectivity index (χ4v) is 4.10. The molecule has 0 bridgehead atoms. The molecule has 1 aromatic carbocycles. The summed E-state index contributed by atoms with van der Waals surface area (Å²) in [6.07, 6.45) is 4.43. The Morgan fingerprint density at radius 3 is 2.71 bits per heavy atom. The summed E-state index contributed by atoms with van der Waals surface area (Å²) in [6.45, 7) is 7.73. The molecule has 1 N–H and O–H groups in total. The number of hydrogen-bond acceptors (Lipinski definition) is 3. The molecule has 1 aromatic rings. The van der Waals surface area contributed by atoms with Gasteiger partial charge in [-0.1, -0.05) is 23.7 Å². The molecule has 6 heteroatoms. The Hall–Kier alpha value is -1.75. The molecule has 2 aliphatic rings. The number of nitrogens with one attached hydrogen (secondary N) is 1. The van der Waals surface area contributed by atoms with Crippen LogP contribution in [0.2, 0.25) is 5.02 Å². The first kappa shape index (κ1) is 21.0. The van der Waals surface area contributed by atoms with Gasteiger partial charge in [-0.3, -0.25) is 4.79 Å². The Bertz CT molecular complexity index is 725. The summed E-state index contributed by atoms with van der Waals surface area (Å²) >= 11 is 6.09. The molecule has 0 radical (unpaired) electrons. The van der Waals surface area contributed by atoms with E-state index in [0.717, 1.165) is 44.2 Å². The Morgan fingerprint density at radius 2 is 2.07 bits per heavy atom. The van der Waals surface area contributed by atoms with E-state index in [-0.39, 0.29) is 12.0 Å².